The van der Waals surface area contributed by atoms with Crippen molar-refractivity contribution in [3.8, 4) is 11.1 Å². The third kappa shape index (κ3) is 5.58. The van der Waals surface area contributed by atoms with Crippen LogP contribution in [0.25, 0.3) is 11.1 Å². The number of rotatable bonds is 5. The molecule has 1 aliphatic rings. The van der Waals surface area contributed by atoms with Crippen molar-refractivity contribution in [2.45, 2.75) is 38.4 Å². The van der Waals surface area contributed by atoms with E-state index in [0.29, 0.717) is 24.1 Å². The summed E-state index contributed by atoms with van der Waals surface area (Å²) in [4.78, 5) is 25.8. The van der Waals surface area contributed by atoms with Crippen LogP contribution < -0.4 is 4.90 Å². The predicted molar refractivity (Wildman–Crippen MR) is 127 cm³/mol. The Labute approximate surface area is 206 Å². The summed E-state index contributed by atoms with van der Waals surface area (Å²) >= 11 is 6.06. The van der Waals surface area contributed by atoms with Gasteiger partial charge in [0.05, 0.1) is 5.69 Å². The van der Waals surface area contributed by atoms with Gasteiger partial charge in [0.2, 0.25) is 11.9 Å². The zero-order chi connectivity index (χ0) is 25.3. The second kappa shape index (κ2) is 9.85. The zero-order valence-corrected chi connectivity index (χ0v) is 20.4. The van der Waals surface area contributed by atoms with Crippen LogP contribution in [-0.4, -0.2) is 57.7 Å². The number of amides is 1. The Balaban J connectivity index is 1.59. The van der Waals surface area contributed by atoms with Crippen LogP contribution in [0.5, 0.6) is 0 Å². The van der Waals surface area contributed by atoms with Crippen LogP contribution in [0.1, 0.15) is 35.8 Å². The number of likely N-dealkylation sites (tertiary alicyclic amines) is 1. The molecule has 186 valence electrons. The minimum absolute atomic E-state index is 0.0514. The lowest BCUT2D eigenvalue weighted by Gasteiger charge is -2.33. The van der Waals surface area contributed by atoms with Crippen LogP contribution in [-0.2, 0) is 17.5 Å². The summed E-state index contributed by atoms with van der Waals surface area (Å²) in [6.07, 6.45) is -1.19. The van der Waals surface area contributed by atoms with Crippen molar-refractivity contribution in [3.63, 3.8) is 0 Å². The molecule has 1 amide bonds. The van der Waals surface area contributed by atoms with Gasteiger partial charge in [-0.15, -0.1) is 0 Å². The maximum atomic E-state index is 13.1. The molecule has 4 rings (SSSR count). The van der Waals surface area contributed by atoms with Gasteiger partial charge in [0, 0.05) is 55.6 Å². The summed E-state index contributed by atoms with van der Waals surface area (Å²) in [7, 11) is 3.72. The quantitative estimate of drug-likeness (QED) is 0.497. The number of carbonyl (C=O) groups is 1. The molecule has 0 bridgehead atoms. The molecule has 0 radical (unpaired) electrons. The molecule has 0 saturated carbocycles. The van der Waals surface area contributed by atoms with E-state index in [1.165, 1.54) is 6.92 Å². The standard InChI is InChI=1S/C24H26ClF3N6O/c1-15-11-20(24(26,27)28)31-34(15)14-21(35)33-10-4-5-17(13-33)22-19(12-29-23(30-22)32(2)3)16-6-8-18(25)9-7-16/h6-9,11-12,17H,4-5,10,13-14H2,1-3H3/t17-/m0/s1. The molecular weight excluding hydrogens is 481 g/mol. The second-order valence-corrected chi connectivity index (χ2v) is 9.31. The first-order valence-corrected chi connectivity index (χ1v) is 11.6. The third-order valence-corrected chi connectivity index (χ3v) is 6.33. The van der Waals surface area contributed by atoms with E-state index in [2.05, 4.69) is 10.1 Å². The first-order valence-electron chi connectivity index (χ1n) is 11.2. The minimum Gasteiger partial charge on any atom is -0.347 e. The Morgan fingerprint density at radius 3 is 2.57 bits per heavy atom. The van der Waals surface area contributed by atoms with Crippen molar-refractivity contribution in [1.82, 2.24) is 24.6 Å². The summed E-state index contributed by atoms with van der Waals surface area (Å²) in [5, 5.41) is 4.22. The predicted octanol–water partition coefficient (Wildman–Crippen LogP) is 4.79. The van der Waals surface area contributed by atoms with Gasteiger partial charge in [-0.2, -0.15) is 18.3 Å². The monoisotopic (exact) mass is 506 g/mol. The Bertz CT molecular complexity index is 1210. The van der Waals surface area contributed by atoms with E-state index in [1.54, 1.807) is 23.2 Å². The zero-order valence-electron chi connectivity index (χ0n) is 19.7. The van der Waals surface area contributed by atoms with Crippen molar-refractivity contribution in [3.05, 3.63) is 58.6 Å². The van der Waals surface area contributed by atoms with E-state index in [9.17, 15) is 18.0 Å². The fourth-order valence-electron chi connectivity index (χ4n) is 4.23. The fourth-order valence-corrected chi connectivity index (χ4v) is 4.35. The largest absolute Gasteiger partial charge is 0.435 e. The molecule has 0 N–H and O–H groups in total. The molecule has 1 atom stereocenters. The first kappa shape index (κ1) is 25.0. The number of halogens is 4. The van der Waals surface area contributed by atoms with E-state index in [0.717, 1.165) is 40.4 Å². The van der Waals surface area contributed by atoms with Crippen molar-refractivity contribution < 1.29 is 18.0 Å². The van der Waals surface area contributed by atoms with Gasteiger partial charge in [-0.1, -0.05) is 23.7 Å². The number of aryl methyl sites for hydroxylation is 1. The lowest BCUT2D eigenvalue weighted by Crippen LogP contribution is -2.41. The molecule has 1 saturated heterocycles. The lowest BCUT2D eigenvalue weighted by atomic mass is 9.90. The number of nitrogens with zero attached hydrogens (tertiary/aromatic N) is 6. The maximum Gasteiger partial charge on any atom is 0.435 e. The molecule has 1 aromatic carbocycles. The van der Waals surface area contributed by atoms with Crippen LogP contribution in [0.4, 0.5) is 19.1 Å². The molecule has 1 aliphatic heterocycles. The minimum atomic E-state index is -4.55. The summed E-state index contributed by atoms with van der Waals surface area (Å²) in [6.45, 7) is 2.21. The van der Waals surface area contributed by atoms with Gasteiger partial charge in [-0.3, -0.25) is 9.48 Å². The van der Waals surface area contributed by atoms with Crippen molar-refractivity contribution in [1.29, 1.82) is 0 Å². The van der Waals surface area contributed by atoms with Gasteiger partial charge in [0.1, 0.15) is 6.54 Å². The molecule has 0 aliphatic carbocycles. The molecule has 3 aromatic rings. The van der Waals surface area contributed by atoms with Crippen LogP contribution in [0.15, 0.2) is 36.5 Å². The number of hydrogen-bond donors (Lipinski definition) is 0. The average Bonchev–Trinajstić information content (AvgIpc) is 3.20. The number of anilines is 1. The van der Waals surface area contributed by atoms with Gasteiger partial charge < -0.3 is 9.80 Å². The van der Waals surface area contributed by atoms with Gasteiger partial charge >= 0.3 is 6.18 Å². The molecule has 1 fully saturated rings. The molecule has 0 spiro atoms. The highest BCUT2D eigenvalue weighted by Gasteiger charge is 2.35. The fraction of sp³-hybridized carbons (Fsp3) is 0.417. The van der Waals surface area contributed by atoms with Crippen molar-refractivity contribution in [2.24, 2.45) is 0 Å². The number of benzene rings is 1. The Kier molecular flexibility index (Phi) is 7.02. The molecule has 2 aromatic heterocycles. The van der Waals surface area contributed by atoms with Crippen LogP contribution in [0.2, 0.25) is 5.02 Å². The van der Waals surface area contributed by atoms with E-state index in [1.807, 2.05) is 31.1 Å². The molecule has 35 heavy (non-hydrogen) atoms. The Morgan fingerprint density at radius 2 is 1.94 bits per heavy atom. The van der Waals surface area contributed by atoms with Gasteiger partial charge in [0.25, 0.3) is 0 Å². The topological polar surface area (TPSA) is 67.2 Å². The number of aromatic nitrogens is 4. The van der Waals surface area contributed by atoms with Gasteiger partial charge in [-0.25, -0.2) is 9.97 Å². The van der Waals surface area contributed by atoms with E-state index in [4.69, 9.17) is 16.6 Å². The van der Waals surface area contributed by atoms with Crippen LogP contribution in [0, 0.1) is 6.92 Å². The molecule has 0 unspecified atom stereocenters. The van der Waals surface area contributed by atoms with E-state index in [-0.39, 0.29) is 24.1 Å². The lowest BCUT2D eigenvalue weighted by molar-refractivity contribution is -0.142. The summed E-state index contributed by atoms with van der Waals surface area (Å²) < 4.78 is 40.1. The Morgan fingerprint density at radius 1 is 1.23 bits per heavy atom. The van der Waals surface area contributed by atoms with E-state index < -0.39 is 11.9 Å². The summed E-state index contributed by atoms with van der Waals surface area (Å²) in [6, 6.07) is 8.38. The molecule has 11 heteroatoms. The third-order valence-electron chi connectivity index (χ3n) is 6.08. The highest BCUT2D eigenvalue weighted by molar-refractivity contribution is 6.30. The Hall–Kier alpha value is -3.14. The second-order valence-electron chi connectivity index (χ2n) is 8.88. The SMILES string of the molecule is Cc1cc(C(F)(F)F)nn1CC(=O)N1CCC[C@H](c2nc(N(C)C)ncc2-c2ccc(Cl)cc2)C1. The molecule has 7 nitrogen and oxygen atoms in total. The first-order chi connectivity index (χ1) is 16.5. The summed E-state index contributed by atoms with van der Waals surface area (Å²) in [5.41, 5.74) is 1.91. The normalized spacial score (nSPS) is 16.4. The molecule has 3 heterocycles. The van der Waals surface area contributed by atoms with Gasteiger partial charge in [-0.05, 0) is 43.5 Å². The highest BCUT2D eigenvalue weighted by atomic mass is 35.5. The number of piperidine rings is 1. The highest BCUT2D eigenvalue weighted by Crippen LogP contribution is 2.34. The molecular formula is C24H26ClF3N6O. The smallest absolute Gasteiger partial charge is 0.347 e. The van der Waals surface area contributed by atoms with Crippen LogP contribution in [0.3, 0.4) is 0 Å². The number of alkyl halides is 3. The number of hydrogen-bond acceptors (Lipinski definition) is 5. The van der Waals surface area contributed by atoms with Gasteiger partial charge in [0.15, 0.2) is 5.69 Å². The summed E-state index contributed by atoms with van der Waals surface area (Å²) in [5.74, 6) is 0.238. The van der Waals surface area contributed by atoms with Crippen molar-refractivity contribution >= 4 is 23.5 Å². The van der Waals surface area contributed by atoms with Crippen LogP contribution >= 0.6 is 11.6 Å². The number of carbonyl (C=O) groups excluding carboxylic acids is 1. The maximum absolute atomic E-state index is 13.1. The van der Waals surface area contributed by atoms with E-state index >= 15 is 0 Å². The van der Waals surface area contributed by atoms with Crippen molar-refractivity contribution in [2.75, 3.05) is 32.1 Å². The average molecular weight is 507 g/mol.